The number of hydrogen-bond donors (Lipinski definition) is 0. The van der Waals surface area contributed by atoms with Gasteiger partial charge in [0.2, 0.25) is 0 Å². The van der Waals surface area contributed by atoms with Crippen molar-refractivity contribution in [1.29, 1.82) is 0 Å². The second-order valence-electron chi connectivity index (χ2n) is 11.9. The molecular formula is C31H35F7O3. The molecule has 3 aliphatic rings. The van der Waals surface area contributed by atoms with E-state index in [2.05, 4.69) is 6.92 Å². The maximum atomic E-state index is 15.0. The van der Waals surface area contributed by atoms with Crippen LogP contribution >= 0.6 is 0 Å². The van der Waals surface area contributed by atoms with Crippen LogP contribution in [0.3, 0.4) is 0 Å². The second-order valence-corrected chi connectivity index (χ2v) is 11.9. The monoisotopic (exact) mass is 588 g/mol. The highest BCUT2D eigenvalue weighted by Crippen LogP contribution is 2.43. The summed E-state index contributed by atoms with van der Waals surface area (Å²) < 4.78 is 114. The third kappa shape index (κ3) is 7.01. The van der Waals surface area contributed by atoms with Crippen LogP contribution in [0.5, 0.6) is 5.75 Å². The van der Waals surface area contributed by atoms with Crippen LogP contribution in [-0.2, 0) is 15.7 Å². The molecule has 1 heterocycles. The van der Waals surface area contributed by atoms with Gasteiger partial charge in [-0.2, -0.15) is 22.0 Å². The Bertz CT molecular complexity index is 1140. The molecule has 2 aromatic rings. The van der Waals surface area contributed by atoms with E-state index >= 15 is 8.78 Å². The molecule has 0 aromatic heterocycles. The molecule has 2 saturated carbocycles. The van der Waals surface area contributed by atoms with Crippen LogP contribution in [0.4, 0.5) is 30.7 Å². The van der Waals surface area contributed by atoms with E-state index in [9.17, 15) is 22.0 Å². The van der Waals surface area contributed by atoms with Gasteiger partial charge in [0.05, 0.1) is 19.1 Å². The minimum atomic E-state index is -5.18. The topological polar surface area (TPSA) is 27.7 Å². The Morgan fingerprint density at radius 2 is 1.22 bits per heavy atom. The molecule has 0 spiro atoms. The number of benzene rings is 2. The molecule has 1 aliphatic heterocycles. The van der Waals surface area contributed by atoms with Crippen LogP contribution in [0.25, 0.3) is 11.1 Å². The largest absolute Gasteiger partial charge is 0.432 e. The SMILES string of the molecule is CC1CCC(C2COC(C3CCC(C(F)(F)Oc4ccc(-c5cc(F)c(C(F)(F)F)c(F)c5)cc4)CC3)OC2)CC1. The van der Waals surface area contributed by atoms with Crippen LogP contribution in [0.15, 0.2) is 36.4 Å². The Kier molecular flexibility index (Phi) is 8.90. The van der Waals surface area contributed by atoms with E-state index in [4.69, 9.17) is 14.2 Å². The molecule has 2 aliphatic carbocycles. The first-order chi connectivity index (χ1) is 19.4. The maximum Gasteiger partial charge on any atom is 0.422 e. The van der Waals surface area contributed by atoms with Gasteiger partial charge in [0.1, 0.15) is 22.9 Å². The summed E-state index contributed by atoms with van der Waals surface area (Å²) in [4.78, 5) is 0. The van der Waals surface area contributed by atoms with Crippen molar-refractivity contribution in [3.63, 3.8) is 0 Å². The number of hydrogen-bond acceptors (Lipinski definition) is 3. The smallest absolute Gasteiger partial charge is 0.422 e. The molecule has 0 radical (unpaired) electrons. The first-order valence-corrected chi connectivity index (χ1v) is 14.4. The van der Waals surface area contributed by atoms with Crippen LogP contribution < -0.4 is 4.74 Å². The molecule has 0 unspecified atom stereocenters. The van der Waals surface area contributed by atoms with Gasteiger partial charge < -0.3 is 14.2 Å². The molecule has 2 aromatic carbocycles. The van der Waals surface area contributed by atoms with E-state index in [1.165, 1.54) is 49.9 Å². The average Bonchev–Trinajstić information content (AvgIpc) is 2.93. The van der Waals surface area contributed by atoms with Gasteiger partial charge in [0, 0.05) is 11.8 Å². The first kappa shape index (κ1) is 30.1. The van der Waals surface area contributed by atoms with Gasteiger partial charge in [-0.1, -0.05) is 31.9 Å². The summed E-state index contributed by atoms with van der Waals surface area (Å²) in [5.74, 6) is -2.80. The van der Waals surface area contributed by atoms with Crippen molar-refractivity contribution in [2.45, 2.75) is 76.9 Å². The van der Waals surface area contributed by atoms with Gasteiger partial charge in [-0.05, 0) is 85.8 Å². The zero-order valence-corrected chi connectivity index (χ0v) is 22.9. The number of alkyl halides is 5. The Hall–Kier alpha value is -2.33. The molecular weight excluding hydrogens is 553 g/mol. The lowest BCUT2D eigenvalue weighted by Gasteiger charge is -2.41. The average molecular weight is 589 g/mol. The van der Waals surface area contributed by atoms with Gasteiger partial charge in [-0.15, -0.1) is 0 Å². The number of rotatable bonds is 6. The highest BCUT2D eigenvalue weighted by Gasteiger charge is 2.46. The lowest BCUT2D eigenvalue weighted by atomic mass is 9.76. The molecule has 0 atom stereocenters. The third-order valence-corrected chi connectivity index (χ3v) is 9.08. The van der Waals surface area contributed by atoms with E-state index in [0.717, 1.165) is 5.92 Å². The lowest BCUT2D eigenvalue weighted by Crippen LogP contribution is -2.43. The Labute approximate surface area is 235 Å². The molecule has 3 fully saturated rings. The second kappa shape index (κ2) is 12.1. The fourth-order valence-corrected chi connectivity index (χ4v) is 6.53. The summed E-state index contributed by atoms with van der Waals surface area (Å²) in [6.07, 6.45) is -2.54. The van der Waals surface area contributed by atoms with Crippen molar-refractivity contribution in [1.82, 2.24) is 0 Å². The van der Waals surface area contributed by atoms with Crippen LogP contribution in [-0.4, -0.2) is 25.6 Å². The van der Waals surface area contributed by atoms with Gasteiger partial charge >= 0.3 is 12.3 Å². The predicted octanol–water partition coefficient (Wildman–Crippen LogP) is 9.24. The van der Waals surface area contributed by atoms with Crippen molar-refractivity contribution >= 4 is 0 Å². The van der Waals surface area contributed by atoms with E-state index in [0.29, 0.717) is 50.0 Å². The molecule has 1 saturated heterocycles. The molecule has 226 valence electrons. The zero-order chi connectivity index (χ0) is 29.4. The Morgan fingerprint density at radius 3 is 1.76 bits per heavy atom. The van der Waals surface area contributed by atoms with Crippen LogP contribution in [0.2, 0.25) is 0 Å². The van der Waals surface area contributed by atoms with E-state index in [-0.39, 0.29) is 41.9 Å². The summed E-state index contributed by atoms with van der Waals surface area (Å²) in [5.41, 5.74) is -1.98. The molecule has 3 nitrogen and oxygen atoms in total. The zero-order valence-electron chi connectivity index (χ0n) is 22.9. The number of halogens is 7. The Morgan fingerprint density at radius 1 is 0.683 bits per heavy atom. The van der Waals surface area contributed by atoms with E-state index in [1.807, 2.05) is 0 Å². The number of ether oxygens (including phenoxy) is 3. The lowest BCUT2D eigenvalue weighted by molar-refractivity contribution is -0.251. The van der Waals surface area contributed by atoms with Gasteiger partial charge in [-0.25, -0.2) is 8.78 Å². The van der Waals surface area contributed by atoms with Gasteiger partial charge in [-0.3, -0.25) is 0 Å². The van der Waals surface area contributed by atoms with Crippen LogP contribution in [0.1, 0.15) is 63.9 Å². The van der Waals surface area contributed by atoms with E-state index < -0.39 is 35.4 Å². The van der Waals surface area contributed by atoms with Crippen molar-refractivity contribution < 1.29 is 44.9 Å². The van der Waals surface area contributed by atoms with Crippen molar-refractivity contribution in [3.05, 3.63) is 53.6 Å². The molecule has 10 heteroatoms. The van der Waals surface area contributed by atoms with Crippen molar-refractivity contribution in [3.8, 4) is 16.9 Å². The van der Waals surface area contributed by atoms with Gasteiger partial charge in [0.25, 0.3) is 0 Å². The minimum absolute atomic E-state index is 0.0539. The fraction of sp³-hybridized carbons (Fsp3) is 0.613. The highest BCUT2D eigenvalue weighted by atomic mass is 19.4. The summed E-state index contributed by atoms with van der Waals surface area (Å²) >= 11 is 0. The summed E-state index contributed by atoms with van der Waals surface area (Å²) in [7, 11) is 0. The highest BCUT2D eigenvalue weighted by molar-refractivity contribution is 5.65. The van der Waals surface area contributed by atoms with Crippen LogP contribution in [0, 0.1) is 41.2 Å². The molecule has 41 heavy (non-hydrogen) atoms. The maximum absolute atomic E-state index is 15.0. The molecule has 0 N–H and O–H groups in total. The Balaban J connectivity index is 1.12. The van der Waals surface area contributed by atoms with E-state index in [1.54, 1.807) is 0 Å². The molecule has 0 amide bonds. The summed E-state index contributed by atoms with van der Waals surface area (Å²) in [6, 6.07) is 6.06. The quantitative estimate of drug-likeness (QED) is 0.315. The fourth-order valence-electron chi connectivity index (χ4n) is 6.53. The van der Waals surface area contributed by atoms with Crippen molar-refractivity contribution in [2.75, 3.05) is 13.2 Å². The first-order valence-electron chi connectivity index (χ1n) is 14.4. The standard InChI is InChI=1S/C31H35F7O3/c1-18-2-4-20(5-3-18)23-16-39-29(40-17-23)21-6-10-24(11-7-21)31(37,38)41-25-12-8-19(9-13-25)22-14-26(32)28(27(33)15-22)30(34,35)36/h8-9,12-15,18,20-21,23-24,29H,2-7,10-11,16-17H2,1H3. The third-order valence-electron chi connectivity index (χ3n) is 9.08. The summed E-state index contributed by atoms with van der Waals surface area (Å²) in [6.45, 7) is 3.61. The molecule has 5 rings (SSSR count). The normalized spacial score (nSPS) is 29.8. The van der Waals surface area contributed by atoms with Crippen molar-refractivity contribution in [2.24, 2.45) is 29.6 Å². The predicted molar refractivity (Wildman–Crippen MR) is 138 cm³/mol. The minimum Gasteiger partial charge on any atom is -0.432 e. The molecule has 0 bridgehead atoms. The summed E-state index contributed by atoms with van der Waals surface area (Å²) in [5, 5.41) is 0. The van der Waals surface area contributed by atoms with Gasteiger partial charge in [0.15, 0.2) is 6.29 Å².